The van der Waals surface area contributed by atoms with E-state index >= 15 is 0 Å². The maximum atomic E-state index is 12.7. The molecule has 0 spiro atoms. The van der Waals surface area contributed by atoms with Gasteiger partial charge in [0.05, 0.1) is 40.3 Å². The topological polar surface area (TPSA) is 102 Å². The van der Waals surface area contributed by atoms with Crippen molar-refractivity contribution in [2.45, 2.75) is 225 Å². The van der Waals surface area contributed by atoms with E-state index in [4.69, 9.17) is 14.2 Å². The van der Waals surface area contributed by atoms with E-state index in [-0.39, 0.29) is 49.1 Å². The van der Waals surface area contributed by atoms with E-state index in [1.54, 1.807) is 21.1 Å². The van der Waals surface area contributed by atoms with Gasteiger partial charge in [-0.15, -0.1) is 0 Å². The molecular weight excluding hydrogens is 679 g/mol. The van der Waals surface area contributed by atoms with Gasteiger partial charge in [-0.2, -0.15) is 0 Å². The van der Waals surface area contributed by atoms with Crippen molar-refractivity contribution in [1.82, 2.24) is 0 Å². The molecule has 0 radical (unpaired) electrons. The zero-order valence-electron chi connectivity index (χ0n) is 36.2. The molecule has 0 aromatic heterocycles. The fourth-order valence-corrected chi connectivity index (χ4v) is 6.85. The van der Waals surface area contributed by atoms with Gasteiger partial charge in [-0.05, 0) is 25.7 Å². The minimum atomic E-state index is -1.13. The highest BCUT2D eigenvalue weighted by Crippen LogP contribution is 2.16. The maximum absolute atomic E-state index is 12.7. The fourth-order valence-electron chi connectivity index (χ4n) is 6.85. The second-order valence-electron chi connectivity index (χ2n) is 16.6. The molecule has 0 heterocycles. The van der Waals surface area contributed by atoms with Crippen molar-refractivity contribution in [3.63, 3.8) is 0 Å². The Morgan fingerprint density at radius 2 is 0.963 bits per heavy atom. The molecule has 2 atom stereocenters. The van der Waals surface area contributed by atoms with E-state index < -0.39 is 18.1 Å². The molecule has 0 aliphatic rings. The normalized spacial score (nSPS) is 13.0. The van der Waals surface area contributed by atoms with Gasteiger partial charge in [0.1, 0.15) is 12.6 Å². The number of hydrogen-bond acceptors (Lipinski definition) is 7. The largest absolute Gasteiger partial charge is 0.544 e. The van der Waals surface area contributed by atoms with E-state index in [0.717, 1.165) is 25.7 Å². The summed E-state index contributed by atoms with van der Waals surface area (Å²) in [7, 11) is 5.40. The lowest BCUT2D eigenvalue weighted by atomic mass is 10.0. The van der Waals surface area contributed by atoms with Crippen LogP contribution in [0.25, 0.3) is 0 Å². The number of quaternary nitrogens is 1. The Kier molecular flexibility index (Phi) is 36.6. The highest BCUT2D eigenvalue weighted by atomic mass is 16.6. The van der Waals surface area contributed by atoms with Crippen LogP contribution in [0.2, 0.25) is 0 Å². The number of carbonyl (C=O) groups excluding carboxylic acids is 3. The lowest BCUT2D eigenvalue weighted by Crippen LogP contribution is -2.55. The number of likely N-dealkylation sites (N-methyl/N-ethyl adjacent to an activating group) is 1. The van der Waals surface area contributed by atoms with E-state index in [2.05, 4.69) is 19.9 Å². The predicted octanol–water partition coefficient (Wildman–Crippen LogP) is 11.0. The Bertz CT molecular complexity index is 900. The third kappa shape index (κ3) is 35.8. The maximum Gasteiger partial charge on any atom is 0.306 e. The Morgan fingerprint density at radius 1 is 0.537 bits per heavy atom. The van der Waals surface area contributed by atoms with E-state index in [0.29, 0.717) is 12.8 Å². The number of carboxylic acid groups (broad SMARTS) is 1. The van der Waals surface area contributed by atoms with Crippen molar-refractivity contribution in [1.29, 1.82) is 0 Å². The molecule has 318 valence electrons. The number of esters is 2. The zero-order valence-corrected chi connectivity index (χ0v) is 36.2. The van der Waals surface area contributed by atoms with Gasteiger partial charge in [0.15, 0.2) is 6.10 Å². The summed E-state index contributed by atoms with van der Waals surface area (Å²) in [5.41, 5.74) is 0. The summed E-state index contributed by atoms with van der Waals surface area (Å²) in [6.45, 7) is 4.60. The van der Waals surface area contributed by atoms with Crippen LogP contribution < -0.4 is 5.11 Å². The third-order valence-electron chi connectivity index (χ3n) is 10.4. The molecule has 0 aromatic rings. The second kappa shape index (κ2) is 38.0. The number of allylic oxidation sites excluding steroid dienone is 2. The monoisotopic (exact) mass is 766 g/mol. The Labute approximate surface area is 333 Å². The lowest BCUT2D eigenvalue weighted by Gasteiger charge is -2.34. The summed E-state index contributed by atoms with van der Waals surface area (Å²) in [6.07, 6.45) is 39.9. The lowest BCUT2D eigenvalue weighted by molar-refractivity contribution is -0.889. The molecule has 0 aliphatic heterocycles. The summed E-state index contributed by atoms with van der Waals surface area (Å²) in [4.78, 5) is 36.7. The van der Waals surface area contributed by atoms with Crippen molar-refractivity contribution >= 4 is 17.9 Å². The molecule has 0 saturated heterocycles. The number of carbonyl (C=O) groups is 3. The number of ether oxygens (including phenoxy) is 3. The van der Waals surface area contributed by atoms with Gasteiger partial charge in [0, 0.05) is 19.3 Å². The second-order valence-corrected chi connectivity index (χ2v) is 16.6. The summed E-state index contributed by atoms with van der Waals surface area (Å²) >= 11 is 0. The molecule has 0 saturated carbocycles. The average molecular weight is 766 g/mol. The summed E-state index contributed by atoms with van der Waals surface area (Å²) in [5, 5.41) is 11.6. The first kappa shape index (κ1) is 52.1. The van der Waals surface area contributed by atoms with Gasteiger partial charge in [-0.1, -0.05) is 180 Å². The SMILES string of the molecule is CCCCCC/C=C/CCC(=O)OCC(COCCC(C(=O)[O-])[N+](C)(C)C)OC(=O)CCCCCCCCCCCCCCCCCCCCCCCC. The molecule has 0 amide bonds. The fraction of sp³-hybridized carbons (Fsp3) is 0.891. The number of unbranched alkanes of at least 4 members (excludes halogenated alkanes) is 25. The van der Waals surface area contributed by atoms with Crippen LogP contribution in [0, 0.1) is 0 Å². The van der Waals surface area contributed by atoms with E-state index in [1.165, 1.54) is 148 Å². The molecule has 8 nitrogen and oxygen atoms in total. The molecule has 2 unspecified atom stereocenters. The molecule has 0 rings (SSSR count). The average Bonchev–Trinajstić information content (AvgIpc) is 3.12. The van der Waals surface area contributed by atoms with Gasteiger partial charge in [-0.25, -0.2) is 0 Å². The van der Waals surface area contributed by atoms with Crippen molar-refractivity contribution in [3.8, 4) is 0 Å². The molecule has 0 aromatic carbocycles. The molecule has 0 bridgehead atoms. The summed E-state index contributed by atoms with van der Waals surface area (Å²) in [5.74, 6) is -1.79. The van der Waals surface area contributed by atoms with Gasteiger partial charge >= 0.3 is 11.9 Å². The van der Waals surface area contributed by atoms with Crippen molar-refractivity contribution in [2.75, 3.05) is 41.0 Å². The summed E-state index contributed by atoms with van der Waals surface area (Å²) in [6, 6.07) is -0.725. The van der Waals surface area contributed by atoms with Crippen LogP contribution in [-0.2, 0) is 28.6 Å². The standard InChI is InChI=1S/C46H87NO7/c1-6-8-10-12-14-16-17-18-19-20-21-22-23-24-25-26-27-28-29-31-33-35-37-45(49)54-42(40-52-39-38-43(46(50)51)47(3,4)5)41-53-44(48)36-34-32-30-15-13-11-9-7-2/h30,32,42-43H,6-29,31,33-41H2,1-5H3/b32-30+. The van der Waals surface area contributed by atoms with Crippen molar-refractivity contribution in [2.24, 2.45) is 0 Å². The quantitative estimate of drug-likeness (QED) is 0.0264. The van der Waals surface area contributed by atoms with Crippen molar-refractivity contribution < 1.29 is 38.2 Å². The molecule has 0 N–H and O–H groups in total. The number of hydrogen-bond donors (Lipinski definition) is 0. The Hall–Kier alpha value is -1.93. The van der Waals surface area contributed by atoms with Gasteiger partial charge in [-0.3, -0.25) is 9.59 Å². The smallest absolute Gasteiger partial charge is 0.306 e. The van der Waals surface area contributed by atoms with Crippen molar-refractivity contribution in [3.05, 3.63) is 12.2 Å². The highest BCUT2D eigenvalue weighted by Gasteiger charge is 2.25. The first-order valence-electron chi connectivity index (χ1n) is 22.7. The van der Waals surface area contributed by atoms with Crippen LogP contribution >= 0.6 is 0 Å². The third-order valence-corrected chi connectivity index (χ3v) is 10.4. The Balaban J connectivity index is 4.14. The van der Waals surface area contributed by atoms with Crippen LogP contribution in [0.1, 0.15) is 213 Å². The molecule has 8 heteroatoms. The van der Waals surface area contributed by atoms with Crippen LogP contribution in [0.15, 0.2) is 12.2 Å². The van der Waals surface area contributed by atoms with Crippen LogP contribution in [0.4, 0.5) is 0 Å². The van der Waals surface area contributed by atoms with Gasteiger partial charge in [0.2, 0.25) is 0 Å². The van der Waals surface area contributed by atoms with E-state index in [9.17, 15) is 19.5 Å². The molecule has 0 aliphatic carbocycles. The molecule has 54 heavy (non-hydrogen) atoms. The predicted molar refractivity (Wildman–Crippen MR) is 222 cm³/mol. The highest BCUT2D eigenvalue weighted by molar-refractivity contribution is 5.70. The van der Waals surface area contributed by atoms with Crippen LogP contribution in [-0.4, -0.2) is 75.5 Å². The minimum absolute atomic E-state index is 0.0347. The number of carboxylic acids is 1. The van der Waals surface area contributed by atoms with Crippen LogP contribution in [0.5, 0.6) is 0 Å². The van der Waals surface area contributed by atoms with Gasteiger partial charge < -0.3 is 28.6 Å². The van der Waals surface area contributed by atoms with Gasteiger partial charge in [0.25, 0.3) is 0 Å². The molecule has 0 fully saturated rings. The molecular formula is C46H87NO7. The zero-order chi connectivity index (χ0) is 40.0. The first-order chi connectivity index (χ1) is 26.1. The number of nitrogens with zero attached hydrogens (tertiary/aromatic N) is 1. The first-order valence-corrected chi connectivity index (χ1v) is 22.7. The van der Waals surface area contributed by atoms with Crippen LogP contribution in [0.3, 0.4) is 0 Å². The Morgan fingerprint density at radius 3 is 1.41 bits per heavy atom. The summed E-state index contributed by atoms with van der Waals surface area (Å²) < 4.78 is 17.1. The van der Waals surface area contributed by atoms with E-state index in [1.807, 2.05) is 6.08 Å². The number of aliphatic carboxylic acids is 1. The minimum Gasteiger partial charge on any atom is -0.544 e. The number of rotatable bonds is 41.